The highest BCUT2D eigenvalue weighted by Crippen LogP contribution is 2.24. The zero-order chi connectivity index (χ0) is 21.2. The lowest BCUT2D eigenvalue weighted by Crippen LogP contribution is -2.39. The van der Waals surface area contributed by atoms with Crippen LogP contribution >= 0.6 is 11.3 Å². The predicted molar refractivity (Wildman–Crippen MR) is 117 cm³/mol. The standard InChI is InChI=1S/C21H30N4O3S/c1-6-27-20(26)18-15(3)24-19(29-18)16(4)25-21(22-5)23-12-7-13-28-17-10-8-14(2)9-11-17/h8-11,16H,6-7,12-13H2,1-5H3,(H2,22,23,25). The Hall–Kier alpha value is -2.61. The Bertz CT molecular complexity index is 818. The van der Waals surface area contributed by atoms with E-state index in [2.05, 4.69) is 27.5 Å². The van der Waals surface area contributed by atoms with E-state index in [1.54, 1.807) is 14.0 Å². The predicted octanol–water partition coefficient (Wildman–Crippen LogP) is 3.63. The van der Waals surface area contributed by atoms with Crippen molar-refractivity contribution in [3.8, 4) is 5.75 Å². The third-order valence-electron chi connectivity index (χ3n) is 4.12. The van der Waals surface area contributed by atoms with E-state index in [9.17, 15) is 4.79 Å². The molecule has 0 aliphatic heterocycles. The molecule has 0 spiro atoms. The van der Waals surface area contributed by atoms with Crippen molar-refractivity contribution in [3.05, 3.63) is 45.4 Å². The van der Waals surface area contributed by atoms with Crippen molar-refractivity contribution < 1.29 is 14.3 Å². The van der Waals surface area contributed by atoms with Crippen LogP contribution in [0.2, 0.25) is 0 Å². The van der Waals surface area contributed by atoms with Crippen molar-refractivity contribution in [1.29, 1.82) is 0 Å². The van der Waals surface area contributed by atoms with Gasteiger partial charge in [0.1, 0.15) is 15.6 Å². The Kier molecular flexibility index (Phi) is 8.92. The molecule has 0 amide bonds. The highest BCUT2D eigenvalue weighted by molar-refractivity contribution is 7.13. The van der Waals surface area contributed by atoms with E-state index < -0.39 is 0 Å². The van der Waals surface area contributed by atoms with Gasteiger partial charge in [-0.25, -0.2) is 9.78 Å². The Balaban J connectivity index is 1.78. The summed E-state index contributed by atoms with van der Waals surface area (Å²) in [6.45, 7) is 9.35. The summed E-state index contributed by atoms with van der Waals surface area (Å²) < 4.78 is 10.8. The molecule has 0 fully saturated rings. The Morgan fingerprint density at radius 1 is 1.28 bits per heavy atom. The van der Waals surface area contributed by atoms with Crippen molar-refractivity contribution in [2.24, 2.45) is 4.99 Å². The van der Waals surface area contributed by atoms with Gasteiger partial charge in [-0.15, -0.1) is 11.3 Å². The number of nitrogens with one attached hydrogen (secondary N) is 2. The van der Waals surface area contributed by atoms with Crippen molar-refractivity contribution in [2.75, 3.05) is 26.8 Å². The van der Waals surface area contributed by atoms with Gasteiger partial charge in [0, 0.05) is 13.6 Å². The Morgan fingerprint density at radius 2 is 2.00 bits per heavy atom. The van der Waals surface area contributed by atoms with Crippen LogP contribution in [0.3, 0.4) is 0 Å². The van der Waals surface area contributed by atoms with E-state index >= 15 is 0 Å². The fourth-order valence-corrected chi connectivity index (χ4v) is 3.52. The number of benzene rings is 1. The van der Waals surface area contributed by atoms with E-state index in [1.807, 2.05) is 38.1 Å². The van der Waals surface area contributed by atoms with Gasteiger partial charge in [-0.3, -0.25) is 4.99 Å². The van der Waals surface area contributed by atoms with Crippen LogP contribution in [0.15, 0.2) is 29.3 Å². The maximum Gasteiger partial charge on any atom is 0.350 e. The second kappa shape index (κ2) is 11.4. The number of aliphatic imine (C=N–C) groups is 1. The van der Waals surface area contributed by atoms with E-state index in [0.29, 0.717) is 29.7 Å². The van der Waals surface area contributed by atoms with Gasteiger partial charge >= 0.3 is 5.97 Å². The first-order valence-electron chi connectivity index (χ1n) is 9.75. The number of aryl methyl sites for hydroxylation is 2. The Labute approximate surface area is 176 Å². The lowest BCUT2D eigenvalue weighted by molar-refractivity contribution is 0.0531. The topological polar surface area (TPSA) is 84.8 Å². The highest BCUT2D eigenvalue weighted by atomic mass is 32.1. The molecule has 0 bridgehead atoms. The van der Waals surface area contributed by atoms with Crippen molar-refractivity contribution in [2.45, 2.75) is 40.2 Å². The second-order valence-electron chi connectivity index (χ2n) is 6.57. The van der Waals surface area contributed by atoms with Gasteiger partial charge < -0.3 is 20.1 Å². The number of carbonyl (C=O) groups excluding carboxylic acids is 1. The SMILES string of the molecule is CCOC(=O)c1sc(C(C)NC(=NC)NCCCOc2ccc(C)cc2)nc1C. The third-order valence-corrected chi connectivity index (χ3v) is 5.44. The minimum Gasteiger partial charge on any atom is -0.494 e. The summed E-state index contributed by atoms with van der Waals surface area (Å²) in [6, 6.07) is 7.94. The molecule has 1 aromatic heterocycles. The summed E-state index contributed by atoms with van der Waals surface area (Å²) >= 11 is 1.35. The molecule has 29 heavy (non-hydrogen) atoms. The molecule has 158 valence electrons. The molecule has 1 unspecified atom stereocenters. The van der Waals surface area contributed by atoms with Crippen molar-refractivity contribution in [3.63, 3.8) is 0 Å². The number of guanidine groups is 1. The van der Waals surface area contributed by atoms with Crippen LogP contribution in [-0.2, 0) is 4.74 Å². The zero-order valence-corrected chi connectivity index (χ0v) is 18.6. The summed E-state index contributed by atoms with van der Waals surface area (Å²) in [5.41, 5.74) is 1.90. The summed E-state index contributed by atoms with van der Waals surface area (Å²) in [6.07, 6.45) is 0.840. The average molecular weight is 419 g/mol. The molecule has 2 rings (SSSR count). The van der Waals surface area contributed by atoms with Gasteiger partial charge in [0.25, 0.3) is 0 Å². The molecule has 7 nitrogen and oxygen atoms in total. The quantitative estimate of drug-likeness (QED) is 0.280. The van der Waals surface area contributed by atoms with Crippen LogP contribution < -0.4 is 15.4 Å². The smallest absolute Gasteiger partial charge is 0.350 e. The molecule has 2 N–H and O–H groups in total. The summed E-state index contributed by atoms with van der Waals surface area (Å²) in [4.78, 5) is 21.3. The zero-order valence-electron chi connectivity index (χ0n) is 17.7. The minimum absolute atomic E-state index is 0.0862. The summed E-state index contributed by atoms with van der Waals surface area (Å²) in [7, 11) is 1.72. The first-order valence-corrected chi connectivity index (χ1v) is 10.6. The highest BCUT2D eigenvalue weighted by Gasteiger charge is 2.20. The van der Waals surface area contributed by atoms with Crippen LogP contribution in [0, 0.1) is 13.8 Å². The van der Waals surface area contributed by atoms with Gasteiger partial charge in [0.2, 0.25) is 0 Å². The van der Waals surface area contributed by atoms with E-state index in [0.717, 1.165) is 23.7 Å². The molecule has 8 heteroatoms. The first-order chi connectivity index (χ1) is 13.9. The lowest BCUT2D eigenvalue weighted by Gasteiger charge is -2.16. The number of hydrogen-bond acceptors (Lipinski definition) is 6. The number of aromatic nitrogens is 1. The molecule has 0 aliphatic rings. The molecule has 0 saturated heterocycles. The number of thiazole rings is 1. The van der Waals surface area contributed by atoms with E-state index in [1.165, 1.54) is 16.9 Å². The van der Waals surface area contributed by atoms with Gasteiger partial charge in [-0.1, -0.05) is 17.7 Å². The minimum atomic E-state index is -0.322. The fraction of sp³-hybridized carbons (Fsp3) is 0.476. The normalized spacial score (nSPS) is 12.4. The van der Waals surface area contributed by atoms with Gasteiger partial charge in [-0.2, -0.15) is 0 Å². The van der Waals surface area contributed by atoms with Gasteiger partial charge in [-0.05, 0) is 46.2 Å². The molecule has 0 saturated carbocycles. The van der Waals surface area contributed by atoms with Crippen molar-refractivity contribution >= 4 is 23.3 Å². The number of rotatable bonds is 9. The molecule has 1 atom stereocenters. The molecule has 0 radical (unpaired) electrons. The third kappa shape index (κ3) is 7.05. The second-order valence-corrected chi connectivity index (χ2v) is 7.60. The van der Waals surface area contributed by atoms with Gasteiger partial charge in [0.15, 0.2) is 5.96 Å². The molecule has 0 aliphatic carbocycles. The molecular weight excluding hydrogens is 388 g/mol. The van der Waals surface area contributed by atoms with Crippen LogP contribution in [0.4, 0.5) is 0 Å². The van der Waals surface area contributed by atoms with Gasteiger partial charge in [0.05, 0.1) is 24.9 Å². The average Bonchev–Trinajstić information content (AvgIpc) is 3.10. The monoisotopic (exact) mass is 418 g/mol. The summed E-state index contributed by atoms with van der Waals surface area (Å²) in [5.74, 6) is 1.23. The fourth-order valence-electron chi connectivity index (χ4n) is 2.55. The molecule has 1 aromatic carbocycles. The van der Waals surface area contributed by atoms with Crippen LogP contribution in [-0.4, -0.2) is 43.7 Å². The lowest BCUT2D eigenvalue weighted by atomic mass is 10.2. The number of ether oxygens (including phenoxy) is 2. The molecular formula is C21H30N4O3S. The molecule has 1 heterocycles. The number of hydrogen-bond donors (Lipinski definition) is 2. The van der Waals surface area contributed by atoms with E-state index in [4.69, 9.17) is 9.47 Å². The van der Waals surface area contributed by atoms with Crippen LogP contribution in [0.1, 0.15) is 52.2 Å². The van der Waals surface area contributed by atoms with Crippen LogP contribution in [0.25, 0.3) is 0 Å². The maximum atomic E-state index is 12.0. The summed E-state index contributed by atoms with van der Waals surface area (Å²) in [5, 5.41) is 7.39. The van der Waals surface area contributed by atoms with Crippen LogP contribution in [0.5, 0.6) is 5.75 Å². The maximum absolute atomic E-state index is 12.0. The number of esters is 1. The molecule has 2 aromatic rings. The first kappa shape index (κ1) is 22.7. The Morgan fingerprint density at radius 3 is 2.66 bits per heavy atom. The number of carbonyl (C=O) groups is 1. The van der Waals surface area contributed by atoms with E-state index in [-0.39, 0.29) is 12.0 Å². The van der Waals surface area contributed by atoms with Crippen molar-refractivity contribution in [1.82, 2.24) is 15.6 Å². The largest absolute Gasteiger partial charge is 0.494 e. The number of nitrogens with zero attached hydrogens (tertiary/aromatic N) is 2.